The van der Waals surface area contributed by atoms with Crippen molar-refractivity contribution < 1.29 is 4.79 Å². The average molecular weight is 283 g/mol. The van der Waals surface area contributed by atoms with Crippen LogP contribution >= 0.6 is 0 Å². The SMILES string of the molecule is O=C1CCCCCC1=CN1CCC(c2ccccc2)CC1. The molecule has 2 heteroatoms. The van der Waals surface area contributed by atoms with E-state index in [9.17, 15) is 4.79 Å². The van der Waals surface area contributed by atoms with E-state index in [0.717, 1.165) is 37.9 Å². The van der Waals surface area contributed by atoms with Gasteiger partial charge in [-0.15, -0.1) is 0 Å². The molecule has 2 nitrogen and oxygen atoms in total. The third-order valence-electron chi connectivity index (χ3n) is 4.85. The summed E-state index contributed by atoms with van der Waals surface area (Å²) in [7, 11) is 0. The number of carbonyl (C=O) groups is 1. The smallest absolute Gasteiger partial charge is 0.160 e. The summed E-state index contributed by atoms with van der Waals surface area (Å²) >= 11 is 0. The van der Waals surface area contributed by atoms with Gasteiger partial charge in [-0.3, -0.25) is 4.79 Å². The molecule has 1 aromatic carbocycles. The van der Waals surface area contributed by atoms with E-state index in [4.69, 9.17) is 0 Å². The number of carbonyl (C=O) groups excluding carboxylic acids is 1. The zero-order valence-electron chi connectivity index (χ0n) is 12.8. The molecule has 112 valence electrons. The van der Waals surface area contributed by atoms with Crippen LogP contribution in [0.5, 0.6) is 0 Å². The number of hydrogen-bond donors (Lipinski definition) is 0. The molecule has 1 saturated heterocycles. The first-order valence-corrected chi connectivity index (χ1v) is 8.36. The zero-order valence-corrected chi connectivity index (χ0v) is 12.8. The topological polar surface area (TPSA) is 20.3 Å². The van der Waals surface area contributed by atoms with Gasteiger partial charge in [-0.1, -0.05) is 36.8 Å². The van der Waals surface area contributed by atoms with E-state index < -0.39 is 0 Å². The molecular weight excluding hydrogens is 258 g/mol. The predicted molar refractivity (Wildman–Crippen MR) is 86.2 cm³/mol. The van der Waals surface area contributed by atoms with Crippen molar-refractivity contribution in [3.63, 3.8) is 0 Å². The fraction of sp³-hybridized carbons (Fsp3) is 0.526. The van der Waals surface area contributed by atoms with Gasteiger partial charge in [0, 0.05) is 31.3 Å². The summed E-state index contributed by atoms with van der Waals surface area (Å²) in [4.78, 5) is 14.5. The van der Waals surface area contributed by atoms with Crippen LogP contribution in [0.4, 0.5) is 0 Å². The first-order valence-electron chi connectivity index (χ1n) is 8.36. The van der Waals surface area contributed by atoms with Crippen molar-refractivity contribution in [2.75, 3.05) is 13.1 Å². The van der Waals surface area contributed by atoms with Crippen molar-refractivity contribution in [3.05, 3.63) is 47.7 Å². The number of hydrogen-bond acceptors (Lipinski definition) is 2. The normalized spacial score (nSPS) is 23.3. The van der Waals surface area contributed by atoms with Crippen molar-refractivity contribution in [1.82, 2.24) is 4.90 Å². The van der Waals surface area contributed by atoms with Crippen LogP contribution in [0.1, 0.15) is 56.4 Å². The van der Waals surface area contributed by atoms with Crippen LogP contribution in [-0.4, -0.2) is 23.8 Å². The molecule has 0 N–H and O–H groups in total. The van der Waals surface area contributed by atoms with E-state index >= 15 is 0 Å². The molecule has 0 atom stereocenters. The number of nitrogens with zero attached hydrogens (tertiary/aromatic N) is 1. The summed E-state index contributed by atoms with van der Waals surface area (Å²) in [6, 6.07) is 10.8. The maximum atomic E-state index is 12.1. The molecule has 0 spiro atoms. The van der Waals surface area contributed by atoms with Gasteiger partial charge >= 0.3 is 0 Å². The van der Waals surface area contributed by atoms with Crippen LogP contribution in [0.25, 0.3) is 0 Å². The highest BCUT2D eigenvalue weighted by molar-refractivity contribution is 5.95. The average Bonchev–Trinajstić information content (AvgIpc) is 2.74. The summed E-state index contributed by atoms with van der Waals surface area (Å²) in [5, 5.41) is 0. The highest BCUT2D eigenvalue weighted by atomic mass is 16.1. The van der Waals surface area contributed by atoms with Gasteiger partial charge in [-0.2, -0.15) is 0 Å². The standard InChI is InChI=1S/C19H25NO/c21-19-10-6-2-5-9-18(19)15-20-13-11-17(12-14-20)16-7-3-1-4-8-16/h1,3-4,7-8,15,17H,2,5-6,9-14H2. The highest BCUT2D eigenvalue weighted by Crippen LogP contribution is 2.29. The Bertz CT molecular complexity index is 498. The third-order valence-corrected chi connectivity index (χ3v) is 4.85. The lowest BCUT2D eigenvalue weighted by molar-refractivity contribution is -0.115. The second-order valence-electron chi connectivity index (χ2n) is 6.36. The number of likely N-dealkylation sites (tertiary alicyclic amines) is 1. The number of ketones is 1. The molecule has 0 bridgehead atoms. The molecule has 21 heavy (non-hydrogen) atoms. The van der Waals surface area contributed by atoms with Gasteiger partial charge in [0.05, 0.1) is 0 Å². The largest absolute Gasteiger partial charge is 0.377 e. The zero-order chi connectivity index (χ0) is 14.5. The maximum absolute atomic E-state index is 12.1. The van der Waals surface area contributed by atoms with Gasteiger partial charge in [0.25, 0.3) is 0 Å². The highest BCUT2D eigenvalue weighted by Gasteiger charge is 2.20. The Labute approximate surface area is 127 Å². The minimum absolute atomic E-state index is 0.387. The molecule has 1 saturated carbocycles. The van der Waals surface area contributed by atoms with Crippen LogP contribution in [0.15, 0.2) is 42.1 Å². The van der Waals surface area contributed by atoms with Crippen molar-refractivity contribution in [2.45, 2.75) is 50.9 Å². The molecule has 1 aromatic rings. The molecule has 1 aliphatic carbocycles. The van der Waals surface area contributed by atoms with Gasteiger partial charge in [-0.05, 0) is 43.6 Å². The monoisotopic (exact) mass is 283 g/mol. The summed E-state index contributed by atoms with van der Waals surface area (Å²) in [6.45, 7) is 2.16. The number of rotatable bonds is 2. The van der Waals surface area contributed by atoms with Crippen LogP contribution in [0.2, 0.25) is 0 Å². The van der Waals surface area contributed by atoms with Crippen LogP contribution in [0, 0.1) is 0 Å². The van der Waals surface area contributed by atoms with Crippen LogP contribution in [0.3, 0.4) is 0 Å². The lowest BCUT2D eigenvalue weighted by Crippen LogP contribution is -2.29. The lowest BCUT2D eigenvalue weighted by Gasteiger charge is -2.32. The molecule has 0 radical (unpaired) electrons. The van der Waals surface area contributed by atoms with Gasteiger partial charge in [0.15, 0.2) is 5.78 Å². The molecule has 2 aliphatic rings. The molecule has 2 fully saturated rings. The van der Waals surface area contributed by atoms with Gasteiger partial charge in [0.2, 0.25) is 0 Å². The van der Waals surface area contributed by atoms with E-state index in [1.165, 1.54) is 31.2 Å². The quantitative estimate of drug-likeness (QED) is 0.596. The summed E-state index contributed by atoms with van der Waals surface area (Å²) in [5.74, 6) is 1.07. The predicted octanol–water partition coefficient (Wildman–Crippen LogP) is 4.28. The number of allylic oxidation sites excluding steroid dienone is 1. The van der Waals surface area contributed by atoms with E-state index in [0.29, 0.717) is 11.7 Å². The van der Waals surface area contributed by atoms with Crippen LogP contribution < -0.4 is 0 Å². The van der Waals surface area contributed by atoms with Crippen LogP contribution in [-0.2, 0) is 4.79 Å². The Morgan fingerprint density at radius 2 is 1.67 bits per heavy atom. The van der Waals surface area contributed by atoms with Gasteiger partial charge in [0.1, 0.15) is 0 Å². The maximum Gasteiger partial charge on any atom is 0.160 e. The van der Waals surface area contributed by atoms with Gasteiger partial charge < -0.3 is 4.90 Å². The van der Waals surface area contributed by atoms with Crippen molar-refractivity contribution >= 4 is 5.78 Å². The summed E-state index contributed by atoms with van der Waals surface area (Å²) in [6.07, 6.45) is 9.77. The minimum Gasteiger partial charge on any atom is -0.377 e. The minimum atomic E-state index is 0.387. The first-order chi connectivity index (χ1) is 10.3. The molecule has 0 aromatic heterocycles. The fourth-order valence-electron chi connectivity index (χ4n) is 3.52. The second kappa shape index (κ2) is 6.93. The molecule has 1 heterocycles. The number of benzene rings is 1. The molecule has 1 aliphatic heterocycles. The number of Topliss-reactive ketones (excluding diaryl/α,β-unsaturated/α-hetero) is 1. The molecular formula is C19H25NO. The van der Waals surface area contributed by atoms with E-state index in [1.54, 1.807) is 0 Å². The Kier molecular flexibility index (Phi) is 4.74. The Balaban J connectivity index is 1.59. The summed E-state index contributed by atoms with van der Waals surface area (Å²) < 4.78 is 0. The first kappa shape index (κ1) is 14.4. The second-order valence-corrected chi connectivity index (χ2v) is 6.36. The number of piperidine rings is 1. The van der Waals surface area contributed by atoms with E-state index in [1.807, 2.05) is 0 Å². The van der Waals surface area contributed by atoms with Crippen molar-refractivity contribution in [2.24, 2.45) is 0 Å². The summed E-state index contributed by atoms with van der Waals surface area (Å²) in [5.41, 5.74) is 2.54. The third kappa shape index (κ3) is 3.75. The Morgan fingerprint density at radius 3 is 2.43 bits per heavy atom. The van der Waals surface area contributed by atoms with Crippen molar-refractivity contribution in [3.8, 4) is 0 Å². The molecule has 0 amide bonds. The Hall–Kier alpha value is -1.57. The lowest BCUT2D eigenvalue weighted by atomic mass is 9.89. The fourth-order valence-corrected chi connectivity index (χ4v) is 3.52. The van der Waals surface area contributed by atoms with Gasteiger partial charge in [-0.25, -0.2) is 0 Å². The molecule has 3 rings (SSSR count). The van der Waals surface area contributed by atoms with Crippen molar-refractivity contribution in [1.29, 1.82) is 0 Å². The van der Waals surface area contributed by atoms with E-state index in [2.05, 4.69) is 41.4 Å². The Morgan fingerprint density at radius 1 is 0.952 bits per heavy atom. The molecule has 0 unspecified atom stereocenters. The van der Waals surface area contributed by atoms with E-state index in [-0.39, 0.29) is 0 Å².